The fourth-order valence-electron chi connectivity index (χ4n) is 3.25. The first kappa shape index (κ1) is 19.7. The molecule has 1 saturated heterocycles. The molecule has 1 fully saturated rings. The Hall–Kier alpha value is -3.09. The van der Waals surface area contributed by atoms with Crippen LogP contribution in [0.1, 0.15) is 6.92 Å². The number of amides is 2. The molecule has 1 aliphatic heterocycles. The lowest BCUT2D eigenvalue weighted by Gasteiger charge is -2.37. The number of benzene rings is 2. The van der Waals surface area contributed by atoms with Crippen LogP contribution in [-0.4, -0.2) is 56.5 Å². The lowest BCUT2D eigenvalue weighted by molar-refractivity contribution is -0.131. The lowest BCUT2D eigenvalue weighted by atomic mass is 10.2. The Morgan fingerprint density at radius 2 is 1.61 bits per heavy atom. The van der Waals surface area contributed by atoms with Crippen molar-refractivity contribution >= 4 is 23.2 Å². The molecule has 3 rings (SSSR count). The fourth-order valence-corrected chi connectivity index (χ4v) is 3.25. The van der Waals surface area contributed by atoms with E-state index >= 15 is 0 Å². The van der Waals surface area contributed by atoms with Crippen LogP contribution < -0.4 is 14.5 Å². The van der Waals surface area contributed by atoms with Gasteiger partial charge in [0.2, 0.25) is 11.8 Å². The summed E-state index contributed by atoms with van der Waals surface area (Å²) in [6.07, 6.45) is 0. The molecule has 0 aliphatic carbocycles. The standard InChI is InChI=1S/C21H24FN3O3/c1-16(26)25(19-7-9-20(28-2)10-8-19)15-21(27)24-13-11-23(12-14-24)18-5-3-17(22)4-6-18/h3-10H,11-15H2,1-2H3. The van der Waals surface area contributed by atoms with Gasteiger partial charge in [-0.3, -0.25) is 9.59 Å². The first-order valence-corrected chi connectivity index (χ1v) is 9.18. The van der Waals surface area contributed by atoms with Crippen LogP contribution in [-0.2, 0) is 9.59 Å². The molecule has 0 atom stereocenters. The molecule has 7 heteroatoms. The fraction of sp³-hybridized carbons (Fsp3) is 0.333. The van der Waals surface area contributed by atoms with Crippen LogP contribution in [0.5, 0.6) is 5.75 Å². The van der Waals surface area contributed by atoms with Gasteiger partial charge in [0.25, 0.3) is 0 Å². The molecule has 148 valence electrons. The van der Waals surface area contributed by atoms with E-state index < -0.39 is 0 Å². The molecule has 0 spiro atoms. The highest BCUT2D eigenvalue weighted by atomic mass is 19.1. The topological polar surface area (TPSA) is 53.1 Å². The van der Waals surface area contributed by atoms with E-state index in [0.29, 0.717) is 37.6 Å². The summed E-state index contributed by atoms with van der Waals surface area (Å²) in [5, 5.41) is 0. The zero-order valence-corrected chi connectivity index (χ0v) is 16.1. The number of methoxy groups -OCH3 is 1. The van der Waals surface area contributed by atoms with Crippen LogP contribution in [0, 0.1) is 5.82 Å². The van der Waals surface area contributed by atoms with Crippen LogP contribution in [0.3, 0.4) is 0 Å². The minimum absolute atomic E-state index is 0.00178. The van der Waals surface area contributed by atoms with Crippen molar-refractivity contribution in [3.8, 4) is 5.75 Å². The molecule has 0 bridgehead atoms. The van der Waals surface area contributed by atoms with E-state index in [9.17, 15) is 14.0 Å². The molecule has 0 radical (unpaired) electrons. The van der Waals surface area contributed by atoms with Crippen molar-refractivity contribution < 1.29 is 18.7 Å². The van der Waals surface area contributed by atoms with E-state index in [0.717, 1.165) is 5.69 Å². The highest BCUT2D eigenvalue weighted by molar-refractivity contribution is 5.97. The van der Waals surface area contributed by atoms with Gasteiger partial charge in [-0.25, -0.2) is 4.39 Å². The van der Waals surface area contributed by atoms with Crippen LogP contribution in [0.25, 0.3) is 0 Å². The first-order chi connectivity index (χ1) is 13.5. The molecular formula is C21H24FN3O3. The molecule has 2 aromatic carbocycles. The maximum absolute atomic E-state index is 13.1. The third-order valence-electron chi connectivity index (χ3n) is 4.88. The SMILES string of the molecule is COc1ccc(N(CC(=O)N2CCN(c3ccc(F)cc3)CC2)C(C)=O)cc1. The summed E-state index contributed by atoms with van der Waals surface area (Å²) in [6.45, 7) is 3.90. The molecule has 0 unspecified atom stereocenters. The number of carbonyl (C=O) groups excluding carboxylic acids is 2. The Balaban J connectivity index is 1.60. The molecular weight excluding hydrogens is 361 g/mol. The minimum Gasteiger partial charge on any atom is -0.497 e. The van der Waals surface area contributed by atoms with Crippen molar-refractivity contribution in [3.63, 3.8) is 0 Å². The number of hydrogen-bond acceptors (Lipinski definition) is 4. The number of piperazine rings is 1. The van der Waals surface area contributed by atoms with Gasteiger partial charge in [0.1, 0.15) is 18.1 Å². The molecule has 2 aromatic rings. The Bertz CT molecular complexity index is 816. The van der Waals surface area contributed by atoms with Crippen molar-refractivity contribution in [2.24, 2.45) is 0 Å². The van der Waals surface area contributed by atoms with Gasteiger partial charge in [-0.1, -0.05) is 0 Å². The summed E-state index contributed by atoms with van der Waals surface area (Å²) in [4.78, 5) is 30.2. The van der Waals surface area contributed by atoms with E-state index in [4.69, 9.17) is 4.74 Å². The van der Waals surface area contributed by atoms with Crippen molar-refractivity contribution in [1.82, 2.24) is 4.90 Å². The number of ether oxygens (including phenoxy) is 1. The number of carbonyl (C=O) groups is 2. The molecule has 6 nitrogen and oxygen atoms in total. The van der Waals surface area contributed by atoms with E-state index in [-0.39, 0.29) is 24.2 Å². The van der Waals surface area contributed by atoms with Gasteiger partial charge in [0.15, 0.2) is 0 Å². The summed E-state index contributed by atoms with van der Waals surface area (Å²) in [6, 6.07) is 13.4. The van der Waals surface area contributed by atoms with Crippen molar-refractivity contribution in [2.45, 2.75) is 6.92 Å². The first-order valence-electron chi connectivity index (χ1n) is 9.18. The molecule has 0 saturated carbocycles. The zero-order chi connectivity index (χ0) is 20.1. The average molecular weight is 385 g/mol. The summed E-state index contributed by atoms with van der Waals surface area (Å²) in [7, 11) is 1.58. The van der Waals surface area contributed by atoms with Gasteiger partial charge < -0.3 is 19.4 Å². The smallest absolute Gasteiger partial charge is 0.242 e. The van der Waals surface area contributed by atoms with Crippen LogP contribution in [0.4, 0.5) is 15.8 Å². The zero-order valence-electron chi connectivity index (χ0n) is 16.1. The molecule has 1 aliphatic rings. The highest BCUT2D eigenvalue weighted by Gasteiger charge is 2.24. The van der Waals surface area contributed by atoms with Crippen molar-refractivity contribution in [1.29, 1.82) is 0 Å². The summed E-state index contributed by atoms with van der Waals surface area (Å²) >= 11 is 0. The van der Waals surface area contributed by atoms with E-state index in [1.54, 1.807) is 48.4 Å². The van der Waals surface area contributed by atoms with Gasteiger partial charge in [0.05, 0.1) is 7.11 Å². The second-order valence-electron chi connectivity index (χ2n) is 6.65. The number of halogens is 1. The summed E-state index contributed by atoms with van der Waals surface area (Å²) < 4.78 is 18.2. The lowest BCUT2D eigenvalue weighted by Crippen LogP contribution is -2.51. The number of rotatable bonds is 5. The number of nitrogens with zero attached hydrogens (tertiary/aromatic N) is 3. The van der Waals surface area contributed by atoms with Crippen molar-refractivity contribution in [2.75, 3.05) is 49.6 Å². The molecule has 0 N–H and O–H groups in total. The van der Waals surface area contributed by atoms with E-state index in [2.05, 4.69) is 4.90 Å². The van der Waals surface area contributed by atoms with Crippen LogP contribution in [0.2, 0.25) is 0 Å². The predicted molar refractivity (Wildman–Crippen MR) is 106 cm³/mol. The largest absolute Gasteiger partial charge is 0.497 e. The minimum atomic E-state index is -0.264. The van der Waals surface area contributed by atoms with Crippen LogP contribution >= 0.6 is 0 Å². The van der Waals surface area contributed by atoms with E-state index in [1.165, 1.54) is 24.0 Å². The average Bonchev–Trinajstić information content (AvgIpc) is 2.72. The Morgan fingerprint density at radius 1 is 1.00 bits per heavy atom. The predicted octanol–water partition coefficient (Wildman–Crippen LogP) is 2.54. The highest BCUT2D eigenvalue weighted by Crippen LogP contribution is 2.20. The Morgan fingerprint density at radius 3 is 2.14 bits per heavy atom. The normalized spacial score (nSPS) is 14.0. The van der Waals surface area contributed by atoms with Gasteiger partial charge in [0, 0.05) is 44.5 Å². The maximum Gasteiger partial charge on any atom is 0.242 e. The summed E-state index contributed by atoms with van der Waals surface area (Å²) in [5.41, 5.74) is 1.60. The summed E-state index contributed by atoms with van der Waals surface area (Å²) in [5.74, 6) is 0.143. The van der Waals surface area contributed by atoms with E-state index in [1.807, 2.05) is 0 Å². The van der Waals surface area contributed by atoms with Gasteiger partial charge in [-0.05, 0) is 48.5 Å². The van der Waals surface area contributed by atoms with Crippen molar-refractivity contribution in [3.05, 3.63) is 54.3 Å². The second-order valence-corrected chi connectivity index (χ2v) is 6.65. The van der Waals surface area contributed by atoms with Crippen LogP contribution in [0.15, 0.2) is 48.5 Å². The van der Waals surface area contributed by atoms with Gasteiger partial charge >= 0.3 is 0 Å². The monoisotopic (exact) mass is 385 g/mol. The van der Waals surface area contributed by atoms with Gasteiger partial charge in [-0.15, -0.1) is 0 Å². The third-order valence-corrected chi connectivity index (χ3v) is 4.88. The third kappa shape index (κ3) is 4.60. The number of hydrogen-bond donors (Lipinski definition) is 0. The molecule has 0 aromatic heterocycles. The van der Waals surface area contributed by atoms with Gasteiger partial charge in [-0.2, -0.15) is 0 Å². The molecule has 28 heavy (non-hydrogen) atoms. The molecule has 2 amide bonds. The maximum atomic E-state index is 13.1. The second kappa shape index (κ2) is 8.73. The Kier molecular flexibility index (Phi) is 6.13. The quantitative estimate of drug-likeness (QED) is 0.794. The Labute approximate surface area is 164 Å². The number of anilines is 2. The molecule has 1 heterocycles.